The van der Waals surface area contributed by atoms with Crippen molar-refractivity contribution in [2.24, 2.45) is 7.05 Å². The number of fused-ring (bicyclic) bond motifs is 1. The predicted molar refractivity (Wildman–Crippen MR) is 90.7 cm³/mol. The lowest BCUT2D eigenvalue weighted by molar-refractivity contribution is -0.0601. The van der Waals surface area contributed by atoms with E-state index in [4.69, 9.17) is 4.74 Å². The van der Waals surface area contributed by atoms with Gasteiger partial charge < -0.3 is 9.72 Å². The molecule has 118 valence electrons. The Hall–Kier alpha value is -1.92. The highest BCUT2D eigenvalue weighted by Crippen LogP contribution is 2.36. The second-order valence-corrected chi connectivity index (χ2v) is 7.11. The number of hydrogen-bond acceptors (Lipinski definition) is 3. The number of aromatic amines is 1. The van der Waals surface area contributed by atoms with Crippen molar-refractivity contribution in [3.8, 4) is 0 Å². The molecule has 23 heavy (non-hydrogen) atoms. The molecule has 3 heterocycles. The maximum atomic E-state index is 12.8. The highest BCUT2D eigenvalue weighted by Gasteiger charge is 2.43. The maximum absolute atomic E-state index is 12.8. The number of H-pyrrole nitrogens is 1. The fraction of sp³-hybridized carbons (Fsp3) is 0.294. The van der Waals surface area contributed by atoms with Gasteiger partial charge in [0.15, 0.2) is 5.78 Å². The predicted octanol–water partition coefficient (Wildman–Crippen LogP) is 3.20. The molecule has 0 spiro atoms. The van der Waals surface area contributed by atoms with E-state index in [2.05, 4.69) is 26.0 Å². The molecule has 0 saturated carbocycles. The molecule has 0 bridgehead atoms. The van der Waals surface area contributed by atoms with Gasteiger partial charge >= 0.3 is 0 Å². The number of nitrogens with one attached hydrogen (secondary N) is 1. The van der Waals surface area contributed by atoms with Crippen molar-refractivity contribution in [2.75, 3.05) is 13.2 Å². The van der Waals surface area contributed by atoms with Crippen LogP contribution in [0, 0.1) is 0 Å². The third-order valence-electron chi connectivity index (χ3n) is 4.46. The van der Waals surface area contributed by atoms with E-state index in [1.165, 1.54) is 0 Å². The number of rotatable bonds is 4. The Morgan fingerprint density at radius 2 is 2.26 bits per heavy atom. The molecule has 4 rings (SSSR count). The van der Waals surface area contributed by atoms with Gasteiger partial charge in [-0.25, -0.2) is 0 Å². The summed E-state index contributed by atoms with van der Waals surface area (Å²) in [7, 11) is 1.88. The van der Waals surface area contributed by atoms with E-state index in [9.17, 15) is 4.79 Å². The number of benzene rings is 1. The van der Waals surface area contributed by atoms with E-state index < -0.39 is 0 Å². The van der Waals surface area contributed by atoms with E-state index in [0.29, 0.717) is 25.3 Å². The zero-order chi connectivity index (χ0) is 16.0. The van der Waals surface area contributed by atoms with Gasteiger partial charge in [-0.15, -0.1) is 0 Å². The highest BCUT2D eigenvalue weighted by molar-refractivity contribution is 9.10. The van der Waals surface area contributed by atoms with Crippen molar-refractivity contribution in [3.63, 3.8) is 0 Å². The molecule has 0 aliphatic carbocycles. The zero-order valence-corrected chi connectivity index (χ0v) is 14.3. The lowest BCUT2D eigenvalue weighted by atomic mass is 9.75. The molecular weight excluding hydrogens is 358 g/mol. The van der Waals surface area contributed by atoms with Gasteiger partial charge in [-0.3, -0.25) is 9.48 Å². The minimum atomic E-state index is -0.247. The van der Waals surface area contributed by atoms with Gasteiger partial charge in [-0.05, 0) is 24.3 Å². The van der Waals surface area contributed by atoms with Gasteiger partial charge in [0.2, 0.25) is 0 Å². The van der Waals surface area contributed by atoms with Crippen LogP contribution in [0.2, 0.25) is 0 Å². The summed E-state index contributed by atoms with van der Waals surface area (Å²) in [5.41, 5.74) is 2.44. The number of halogens is 1. The second-order valence-electron chi connectivity index (χ2n) is 6.19. The lowest BCUT2D eigenvalue weighted by Gasteiger charge is -2.40. The van der Waals surface area contributed by atoms with Crippen molar-refractivity contribution in [1.29, 1.82) is 0 Å². The molecule has 1 fully saturated rings. The molecule has 6 heteroatoms. The number of carbonyl (C=O) groups is 1. The molecule has 1 aromatic carbocycles. The molecule has 2 aromatic heterocycles. The molecule has 1 aliphatic rings. The molecule has 1 saturated heterocycles. The van der Waals surface area contributed by atoms with E-state index >= 15 is 0 Å². The van der Waals surface area contributed by atoms with Crippen LogP contribution in [0.15, 0.2) is 41.1 Å². The summed E-state index contributed by atoms with van der Waals surface area (Å²) >= 11 is 3.46. The molecule has 1 aliphatic heterocycles. The summed E-state index contributed by atoms with van der Waals surface area (Å²) in [6.07, 6.45) is 4.23. The number of nitrogens with zero attached hydrogens (tertiary/aromatic N) is 2. The van der Waals surface area contributed by atoms with Gasteiger partial charge in [0, 0.05) is 40.6 Å². The highest BCUT2D eigenvalue weighted by atomic mass is 79.9. The average Bonchev–Trinajstić information content (AvgIpc) is 3.08. The van der Waals surface area contributed by atoms with Crippen LogP contribution in [0.1, 0.15) is 22.5 Å². The molecule has 5 nitrogen and oxygen atoms in total. The van der Waals surface area contributed by atoms with Gasteiger partial charge in [0.1, 0.15) is 0 Å². The molecule has 3 aromatic rings. The maximum Gasteiger partial charge on any atom is 0.180 e. The second kappa shape index (κ2) is 5.32. The smallest absolute Gasteiger partial charge is 0.180 e. The fourth-order valence-electron chi connectivity index (χ4n) is 3.07. The van der Waals surface area contributed by atoms with Gasteiger partial charge in [-0.2, -0.15) is 5.10 Å². The lowest BCUT2D eigenvalue weighted by Crippen LogP contribution is -2.48. The Morgan fingerprint density at radius 3 is 2.91 bits per heavy atom. The topological polar surface area (TPSA) is 59.9 Å². The van der Waals surface area contributed by atoms with Crippen molar-refractivity contribution in [3.05, 3.63) is 52.4 Å². The normalized spacial score (nSPS) is 16.4. The van der Waals surface area contributed by atoms with Crippen molar-refractivity contribution >= 4 is 32.6 Å². The van der Waals surface area contributed by atoms with Crippen LogP contribution in [0.25, 0.3) is 10.9 Å². The van der Waals surface area contributed by atoms with Crippen LogP contribution >= 0.6 is 15.9 Å². The summed E-state index contributed by atoms with van der Waals surface area (Å²) in [6.45, 7) is 1.13. The number of aromatic nitrogens is 3. The Labute approximate surface area is 141 Å². The number of ether oxygens (including phenoxy) is 1. The van der Waals surface area contributed by atoms with Crippen LogP contribution in [-0.4, -0.2) is 33.8 Å². The molecular formula is C17H16BrN3O2. The molecule has 0 amide bonds. The number of hydrogen-bond donors (Lipinski definition) is 1. The third kappa shape index (κ3) is 2.52. The first-order chi connectivity index (χ1) is 11.1. The minimum absolute atomic E-state index is 0.101. The Kier molecular flexibility index (Phi) is 3.39. The van der Waals surface area contributed by atoms with Crippen molar-refractivity contribution in [1.82, 2.24) is 14.8 Å². The number of aryl methyl sites for hydroxylation is 1. The van der Waals surface area contributed by atoms with Crippen LogP contribution in [0.4, 0.5) is 0 Å². The van der Waals surface area contributed by atoms with E-state index in [-0.39, 0.29) is 11.2 Å². The zero-order valence-electron chi connectivity index (χ0n) is 12.7. The molecule has 0 radical (unpaired) electrons. The number of ketones is 1. The van der Waals surface area contributed by atoms with E-state index in [1.54, 1.807) is 4.68 Å². The third-order valence-corrected chi connectivity index (χ3v) is 4.95. The van der Waals surface area contributed by atoms with E-state index in [1.807, 2.05) is 43.7 Å². The summed E-state index contributed by atoms with van der Waals surface area (Å²) in [5, 5.41) is 5.26. The quantitative estimate of drug-likeness (QED) is 0.714. The number of Topliss-reactive ketones (excluding diaryl/α,β-unsaturated/α-hetero) is 1. The average molecular weight is 374 g/mol. The SMILES string of the molecule is Cn1cc(C2(CC(=O)c3cc4cc(Br)ccc4[nH]3)COC2)cn1. The first kappa shape index (κ1) is 14.7. The van der Waals surface area contributed by atoms with Crippen LogP contribution in [0.3, 0.4) is 0 Å². The summed E-state index contributed by atoms with van der Waals surface area (Å²) in [4.78, 5) is 16.0. The minimum Gasteiger partial charge on any atom is -0.379 e. The number of carbonyl (C=O) groups excluding carboxylic acids is 1. The Bertz CT molecular complexity index is 892. The standard InChI is InChI=1S/C17H16BrN3O2/c1-21-8-12(7-19-21)17(9-23-10-17)6-16(22)15-5-11-4-13(18)2-3-14(11)20-15/h2-5,7-8,20H,6,9-10H2,1H3. The fourth-order valence-corrected chi connectivity index (χ4v) is 3.45. The van der Waals surface area contributed by atoms with E-state index in [0.717, 1.165) is 20.9 Å². The van der Waals surface area contributed by atoms with Crippen LogP contribution in [-0.2, 0) is 17.2 Å². The first-order valence-electron chi connectivity index (χ1n) is 7.44. The van der Waals surface area contributed by atoms with Gasteiger partial charge in [0.05, 0.1) is 30.5 Å². The van der Waals surface area contributed by atoms with Crippen LogP contribution < -0.4 is 0 Å². The summed E-state index contributed by atoms with van der Waals surface area (Å²) in [6, 6.07) is 7.86. The molecule has 1 N–H and O–H groups in total. The van der Waals surface area contributed by atoms with Crippen LogP contribution in [0.5, 0.6) is 0 Å². The van der Waals surface area contributed by atoms with Gasteiger partial charge in [-0.1, -0.05) is 15.9 Å². The first-order valence-corrected chi connectivity index (χ1v) is 8.23. The monoisotopic (exact) mass is 373 g/mol. The largest absolute Gasteiger partial charge is 0.379 e. The van der Waals surface area contributed by atoms with Crippen molar-refractivity contribution in [2.45, 2.75) is 11.8 Å². The molecule has 0 atom stereocenters. The Balaban J connectivity index is 1.63. The summed E-state index contributed by atoms with van der Waals surface area (Å²) < 4.78 is 8.17. The summed E-state index contributed by atoms with van der Waals surface area (Å²) in [5.74, 6) is 0.101. The van der Waals surface area contributed by atoms with Crippen molar-refractivity contribution < 1.29 is 9.53 Å². The molecule has 0 unspecified atom stereocenters. The Morgan fingerprint density at radius 1 is 1.43 bits per heavy atom. The van der Waals surface area contributed by atoms with Gasteiger partial charge in [0.25, 0.3) is 0 Å².